The predicted molar refractivity (Wildman–Crippen MR) is 57.2 cm³/mol. The van der Waals surface area contributed by atoms with Crippen molar-refractivity contribution >= 4 is 6.21 Å². The Balaban J connectivity index is 2.54. The van der Waals surface area contributed by atoms with Crippen LogP contribution in [0.25, 0.3) is 0 Å². The maximum Gasteiger partial charge on any atom is 0.119 e. The topological polar surface area (TPSA) is 41.8 Å². The summed E-state index contributed by atoms with van der Waals surface area (Å²) in [6.07, 6.45) is 1.74. The number of aliphatic hydroxyl groups excluding tert-OH is 1. The highest BCUT2D eigenvalue weighted by atomic mass is 16.5. The molecule has 0 unspecified atom stereocenters. The molecule has 0 heterocycles. The van der Waals surface area contributed by atoms with Crippen LogP contribution in [0, 0.1) is 0 Å². The van der Waals surface area contributed by atoms with Gasteiger partial charge in [0.15, 0.2) is 0 Å². The van der Waals surface area contributed by atoms with Gasteiger partial charge < -0.3 is 9.84 Å². The van der Waals surface area contributed by atoms with Crippen LogP contribution in [-0.4, -0.2) is 31.1 Å². The molecule has 0 amide bonds. The third-order valence-corrected chi connectivity index (χ3v) is 1.66. The van der Waals surface area contributed by atoms with E-state index >= 15 is 0 Å². The van der Waals surface area contributed by atoms with Crippen molar-refractivity contribution in [3.05, 3.63) is 29.8 Å². The Kier molecular flexibility index (Phi) is 4.72. The van der Waals surface area contributed by atoms with Crippen LogP contribution in [0.3, 0.4) is 0 Å². The zero-order chi connectivity index (χ0) is 10.2. The van der Waals surface area contributed by atoms with Crippen molar-refractivity contribution < 1.29 is 9.84 Å². The number of ether oxygens (including phenoxy) is 1. The lowest BCUT2D eigenvalue weighted by atomic mass is 10.2. The minimum absolute atomic E-state index is 0.0908. The summed E-state index contributed by atoms with van der Waals surface area (Å²) in [4.78, 5) is 4.02. The monoisotopic (exact) mass is 193 g/mol. The molecular formula is C11H15NO2. The summed E-state index contributed by atoms with van der Waals surface area (Å²) in [6, 6.07) is 7.69. The van der Waals surface area contributed by atoms with Crippen molar-refractivity contribution in [3.63, 3.8) is 0 Å². The molecule has 1 N–H and O–H groups in total. The summed E-state index contributed by atoms with van der Waals surface area (Å²) < 4.78 is 5.30. The van der Waals surface area contributed by atoms with Crippen LogP contribution >= 0.6 is 0 Å². The zero-order valence-electron chi connectivity index (χ0n) is 8.31. The molecule has 0 saturated carbocycles. The van der Waals surface area contributed by atoms with E-state index in [-0.39, 0.29) is 6.61 Å². The Hall–Kier alpha value is -1.35. The summed E-state index contributed by atoms with van der Waals surface area (Å²) in [5, 5.41) is 8.52. The van der Waals surface area contributed by atoms with Gasteiger partial charge in [-0.3, -0.25) is 4.99 Å². The average molecular weight is 193 g/mol. The molecular weight excluding hydrogens is 178 g/mol. The fourth-order valence-electron chi connectivity index (χ4n) is 1.04. The van der Waals surface area contributed by atoms with E-state index in [1.807, 2.05) is 31.2 Å². The SMILES string of the molecule is CCOc1ccc(/C=N/CCO)cc1. The fourth-order valence-corrected chi connectivity index (χ4v) is 1.04. The molecule has 0 aliphatic heterocycles. The minimum atomic E-state index is 0.0908. The van der Waals surface area contributed by atoms with Crippen LogP contribution in [0.1, 0.15) is 12.5 Å². The van der Waals surface area contributed by atoms with Gasteiger partial charge in [0, 0.05) is 6.21 Å². The first kappa shape index (κ1) is 10.7. The van der Waals surface area contributed by atoms with E-state index in [9.17, 15) is 0 Å². The molecule has 0 radical (unpaired) electrons. The van der Waals surface area contributed by atoms with Gasteiger partial charge >= 0.3 is 0 Å². The highest BCUT2D eigenvalue weighted by Gasteiger charge is 1.91. The second-order valence-electron chi connectivity index (χ2n) is 2.76. The number of aliphatic imine (C=N–C) groups is 1. The zero-order valence-corrected chi connectivity index (χ0v) is 8.31. The molecule has 3 heteroatoms. The number of nitrogens with zero attached hydrogens (tertiary/aromatic N) is 1. The maximum absolute atomic E-state index is 8.52. The Bertz CT molecular complexity index is 280. The molecule has 0 saturated heterocycles. The van der Waals surface area contributed by atoms with Crippen LogP contribution in [0.2, 0.25) is 0 Å². The van der Waals surface area contributed by atoms with Gasteiger partial charge in [-0.05, 0) is 36.8 Å². The fraction of sp³-hybridized carbons (Fsp3) is 0.364. The molecule has 0 atom stereocenters. The summed E-state index contributed by atoms with van der Waals surface area (Å²) in [6.45, 7) is 3.18. The second kappa shape index (κ2) is 6.16. The van der Waals surface area contributed by atoms with Crippen LogP contribution in [-0.2, 0) is 0 Å². The van der Waals surface area contributed by atoms with E-state index < -0.39 is 0 Å². The molecule has 1 aromatic carbocycles. The average Bonchev–Trinajstić information content (AvgIpc) is 2.21. The van der Waals surface area contributed by atoms with E-state index in [0.717, 1.165) is 11.3 Å². The number of rotatable bonds is 5. The number of benzene rings is 1. The molecule has 1 aromatic rings. The van der Waals surface area contributed by atoms with Gasteiger partial charge in [0.2, 0.25) is 0 Å². The molecule has 0 aromatic heterocycles. The Morgan fingerprint density at radius 1 is 1.36 bits per heavy atom. The van der Waals surface area contributed by atoms with E-state index in [2.05, 4.69) is 4.99 Å². The van der Waals surface area contributed by atoms with E-state index in [1.165, 1.54) is 0 Å². The van der Waals surface area contributed by atoms with Gasteiger partial charge in [-0.1, -0.05) is 0 Å². The van der Waals surface area contributed by atoms with Crippen molar-refractivity contribution in [1.82, 2.24) is 0 Å². The van der Waals surface area contributed by atoms with Gasteiger partial charge in [0.05, 0.1) is 19.8 Å². The lowest BCUT2D eigenvalue weighted by molar-refractivity contribution is 0.307. The highest BCUT2D eigenvalue weighted by Crippen LogP contribution is 2.10. The number of hydrogen-bond donors (Lipinski definition) is 1. The first-order valence-corrected chi connectivity index (χ1v) is 4.70. The lowest BCUT2D eigenvalue weighted by Crippen LogP contribution is -1.92. The predicted octanol–water partition coefficient (Wildman–Crippen LogP) is 1.50. The Labute approximate surface area is 84.1 Å². The third kappa shape index (κ3) is 3.58. The van der Waals surface area contributed by atoms with E-state index in [4.69, 9.17) is 9.84 Å². The number of hydrogen-bond acceptors (Lipinski definition) is 3. The molecule has 14 heavy (non-hydrogen) atoms. The third-order valence-electron chi connectivity index (χ3n) is 1.66. The Morgan fingerprint density at radius 3 is 2.64 bits per heavy atom. The molecule has 3 nitrogen and oxygen atoms in total. The van der Waals surface area contributed by atoms with Crippen LogP contribution < -0.4 is 4.74 Å². The van der Waals surface area contributed by atoms with Crippen molar-refractivity contribution in [1.29, 1.82) is 0 Å². The van der Waals surface area contributed by atoms with Crippen molar-refractivity contribution in [3.8, 4) is 5.75 Å². The molecule has 0 aliphatic rings. The van der Waals surface area contributed by atoms with Gasteiger partial charge in [-0.15, -0.1) is 0 Å². The normalized spacial score (nSPS) is 10.7. The summed E-state index contributed by atoms with van der Waals surface area (Å²) in [5.74, 6) is 0.867. The largest absolute Gasteiger partial charge is 0.494 e. The van der Waals surface area contributed by atoms with Gasteiger partial charge in [-0.25, -0.2) is 0 Å². The van der Waals surface area contributed by atoms with E-state index in [1.54, 1.807) is 6.21 Å². The van der Waals surface area contributed by atoms with Crippen LogP contribution in [0.15, 0.2) is 29.3 Å². The van der Waals surface area contributed by atoms with Crippen molar-refractivity contribution in [2.24, 2.45) is 4.99 Å². The standard InChI is InChI=1S/C11H15NO2/c1-2-14-11-5-3-10(4-6-11)9-12-7-8-13/h3-6,9,13H,2,7-8H2,1H3/b12-9+. The number of aliphatic hydroxyl groups is 1. The minimum Gasteiger partial charge on any atom is -0.494 e. The van der Waals surface area contributed by atoms with Crippen LogP contribution in [0.5, 0.6) is 5.75 Å². The quantitative estimate of drug-likeness (QED) is 0.720. The smallest absolute Gasteiger partial charge is 0.119 e. The van der Waals surface area contributed by atoms with Gasteiger partial charge in [0.1, 0.15) is 5.75 Å². The highest BCUT2D eigenvalue weighted by molar-refractivity contribution is 5.79. The Morgan fingerprint density at radius 2 is 2.07 bits per heavy atom. The van der Waals surface area contributed by atoms with Gasteiger partial charge in [0.25, 0.3) is 0 Å². The van der Waals surface area contributed by atoms with E-state index in [0.29, 0.717) is 13.2 Å². The molecule has 76 valence electrons. The summed E-state index contributed by atoms with van der Waals surface area (Å²) >= 11 is 0. The van der Waals surface area contributed by atoms with Crippen molar-refractivity contribution in [2.45, 2.75) is 6.92 Å². The molecule has 0 aliphatic carbocycles. The molecule has 0 spiro atoms. The van der Waals surface area contributed by atoms with Gasteiger partial charge in [-0.2, -0.15) is 0 Å². The molecule has 1 rings (SSSR count). The van der Waals surface area contributed by atoms with Crippen molar-refractivity contribution in [2.75, 3.05) is 19.8 Å². The molecule has 0 fully saturated rings. The van der Waals surface area contributed by atoms with Crippen LogP contribution in [0.4, 0.5) is 0 Å². The maximum atomic E-state index is 8.52. The molecule has 0 bridgehead atoms. The first-order valence-electron chi connectivity index (χ1n) is 4.70. The lowest BCUT2D eigenvalue weighted by Gasteiger charge is -2.01. The first-order chi connectivity index (χ1) is 6.86. The summed E-state index contributed by atoms with van der Waals surface area (Å²) in [7, 11) is 0. The summed E-state index contributed by atoms with van der Waals surface area (Å²) in [5.41, 5.74) is 1.02. The second-order valence-corrected chi connectivity index (χ2v) is 2.76.